The highest BCUT2D eigenvalue weighted by Crippen LogP contribution is 2.31. The zero-order chi connectivity index (χ0) is 28.2. The van der Waals surface area contributed by atoms with Crippen LogP contribution < -0.4 is 9.80 Å². The van der Waals surface area contributed by atoms with Gasteiger partial charge in [-0.2, -0.15) is 10.4 Å². The first-order valence-electron chi connectivity index (χ1n) is 14.2. The summed E-state index contributed by atoms with van der Waals surface area (Å²) in [6, 6.07) is 15.6. The van der Waals surface area contributed by atoms with E-state index in [-0.39, 0.29) is 18.6 Å². The van der Waals surface area contributed by atoms with Crippen LogP contribution in [0.1, 0.15) is 51.0 Å². The molecule has 8 heteroatoms. The average Bonchev–Trinajstić information content (AvgIpc) is 2.99. The Morgan fingerprint density at radius 2 is 1.82 bits per heavy atom. The minimum Gasteiger partial charge on any atom is -0.394 e. The molecule has 3 heterocycles. The molecule has 2 fully saturated rings. The molecule has 0 radical (unpaired) electrons. The molecule has 0 spiro atoms. The molecule has 1 N–H and O–H groups in total. The zero-order valence-corrected chi connectivity index (χ0v) is 23.7. The number of anilines is 2. The number of nitrogens with zero attached hydrogens (tertiary/aromatic N) is 6. The standard InChI is InChI=1S/C32H38N6O2/c1-22-17-23(2)31(24(3)28(22)18-25-10-13-36(14-11-25)30-9-6-12-34-35-30)32(40)37-15-16-38(27(20-37)21-39)29-8-5-4-7-26(29)19-33/h4-9,12,17,25,27,39H,10-11,13-16,18,20-21H2,1-3H3/t27-/m0/s1. The lowest BCUT2D eigenvalue weighted by atomic mass is 9.84. The molecule has 8 nitrogen and oxygen atoms in total. The van der Waals surface area contributed by atoms with E-state index in [4.69, 9.17) is 0 Å². The summed E-state index contributed by atoms with van der Waals surface area (Å²) in [5, 5.41) is 28.1. The second-order valence-electron chi connectivity index (χ2n) is 11.1. The molecule has 3 aromatic rings. The van der Waals surface area contributed by atoms with Crippen LogP contribution in [-0.2, 0) is 6.42 Å². The molecule has 0 unspecified atom stereocenters. The molecule has 0 saturated carbocycles. The first-order chi connectivity index (χ1) is 19.4. The number of aliphatic hydroxyl groups excluding tert-OH is 1. The molecule has 0 aliphatic carbocycles. The van der Waals surface area contributed by atoms with Crippen molar-refractivity contribution in [3.8, 4) is 6.07 Å². The number of benzene rings is 2. The van der Waals surface area contributed by atoms with Crippen molar-refractivity contribution in [3.63, 3.8) is 0 Å². The number of para-hydroxylation sites is 1. The van der Waals surface area contributed by atoms with Gasteiger partial charge in [-0.3, -0.25) is 4.79 Å². The van der Waals surface area contributed by atoms with Gasteiger partial charge in [0.15, 0.2) is 5.82 Å². The number of aromatic nitrogens is 2. The van der Waals surface area contributed by atoms with Crippen molar-refractivity contribution in [1.29, 1.82) is 5.26 Å². The van der Waals surface area contributed by atoms with Crippen LogP contribution in [0.2, 0.25) is 0 Å². The average molecular weight is 539 g/mol. The molecule has 1 aromatic heterocycles. The lowest BCUT2D eigenvalue weighted by Gasteiger charge is -2.42. The Balaban J connectivity index is 1.31. The van der Waals surface area contributed by atoms with E-state index >= 15 is 0 Å². The summed E-state index contributed by atoms with van der Waals surface area (Å²) in [4.78, 5) is 20.2. The van der Waals surface area contributed by atoms with Crippen molar-refractivity contribution >= 4 is 17.4 Å². The minimum atomic E-state index is -0.266. The Bertz CT molecular complexity index is 1390. The van der Waals surface area contributed by atoms with Gasteiger partial charge in [-0.15, -0.1) is 5.10 Å². The molecular formula is C32H38N6O2. The summed E-state index contributed by atoms with van der Waals surface area (Å²) >= 11 is 0. The van der Waals surface area contributed by atoms with Gasteiger partial charge in [-0.05, 0) is 92.5 Å². The number of piperidine rings is 1. The molecule has 1 amide bonds. The van der Waals surface area contributed by atoms with Gasteiger partial charge in [0, 0.05) is 44.5 Å². The Morgan fingerprint density at radius 3 is 2.52 bits per heavy atom. The Labute approximate surface area is 236 Å². The van der Waals surface area contributed by atoms with Crippen LogP contribution in [0, 0.1) is 38.0 Å². The molecule has 208 valence electrons. The Hall–Kier alpha value is -3.96. The molecule has 1 atom stereocenters. The van der Waals surface area contributed by atoms with Crippen LogP contribution >= 0.6 is 0 Å². The summed E-state index contributed by atoms with van der Waals surface area (Å²) in [5.41, 5.74) is 6.79. The monoisotopic (exact) mass is 538 g/mol. The summed E-state index contributed by atoms with van der Waals surface area (Å²) in [5.74, 6) is 1.52. The topological polar surface area (TPSA) is 96.6 Å². The van der Waals surface area contributed by atoms with Crippen molar-refractivity contribution in [2.45, 2.75) is 46.1 Å². The SMILES string of the molecule is Cc1cc(C)c(C(=O)N2CCN(c3ccccc3C#N)[C@H](CO)C2)c(C)c1CC1CCN(c2cccnn2)CC1. The normalized spacial score (nSPS) is 18.1. The van der Waals surface area contributed by atoms with E-state index in [1.165, 1.54) is 11.1 Å². The van der Waals surface area contributed by atoms with Gasteiger partial charge in [0.05, 0.1) is 23.9 Å². The third-order valence-corrected chi connectivity index (χ3v) is 8.65. The number of amides is 1. The number of aryl methyl sites for hydroxylation is 2. The number of hydrogen-bond acceptors (Lipinski definition) is 7. The van der Waals surface area contributed by atoms with E-state index in [1.54, 1.807) is 12.3 Å². The molecule has 2 aliphatic heterocycles. The van der Waals surface area contributed by atoms with E-state index in [9.17, 15) is 15.2 Å². The molecule has 5 rings (SSSR count). The van der Waals surface area contributed by atoms with Crippen molar-refractivity contribution < 1.29 is 9.90 Å². The largest absolute Gasteiger partial charge is 0.394 e. The Morgan fingerprint density at radius 1 is 1.05 bits per heavy atom. The van der Waals surface area contributed by atoms with Gasteiger partial charge in [0.25, 0.3) is 5.91 Å². The number of rotatable bonds is 6. The van der Waals surface area contributed by atoms with E-state index in [0.29, 0.717) is 31.1 Å². The molecule has 2 aromatic carbocycles. The van der Waals surface area contributed by atoms with E-state index in [0.717, 1.165) is 60.5 Å². The maximum Gasteiger partial charge on any atom is 0.254 e. The quantitative estimate of drug-likeness (QED) is 0.506. The predicted molar refractivity (Wildman–Crippen MR) is 157 cm³/mol. The van der Waals surface area contributed by atoms with Crippen LogP contribution in [-0.4, -0.2) is 71.5 Å². The van der Waals surface area contributed by atoms with Crippen LogP contribution in [0.4, 0.5) is 11.5 Å². The van der Waals surface area contributed by atoms with Gasteiger partial charge in [-0.25, -0.2) is 0 Å². The third kappa shape index (κ3) is 5.52. The van der Waals surface area contributed by atoms with Crippen LogP contribution in [0.5, 0.6) is 0 Å². The molecule has 40 heavy (non-hydrogen) atoms. The lowest BCUT2D eigenvalue weighted by molar-refractivity contribution is 0.0697. The second-order valence-corrected chi connectivity index (χ2v) is 11.1. The van der Waals surface area contributed by atoms with Crippen LogP contribution in [0.25, 0.3) is 0 Å². The molecule has 2 saturated heterocycles. The Kier molecular flexibility index (Phi) is 8.32. The van der Waals surface area contributed by atoms with E-state index in [1.807, 2.05) is 42.2 Å². The van der Waals surface area contributed by atoms with Crippen molar-refractivity contribution in [2.75, 3.05) is 49.1 Å². The fourth-order valence-corrected chi connectivity index (χ4v) is 6.48. The first kappa shape index (κ1) is 27.6. The maximum absolute atomic E-state index is 14.0. The number of piperazine rings is 1. The zero-order valence-electron chi connectivity index (χ0n) is 23.7. The van der Waals surface area contributed by atoms with Crippen LogP contribution in [0.15, 0.2) is 48.7 Å². The summed E-state index contributed by atoms with van der Waals surface area (Å²) in [6.07, 6.45) is 4.83. The molecule has 2 aliphatic rings. The van der Waals surface area contributed by atoms with Crippen LogP contribution in [0.3, 0.4) is 0 Å². The highest BCUT2D eigenvalue weighted by atomic mass is 16.3. The number of aliphatic hydroxyl groups is 1. The summed E-state index contributed by atoms with van der Waals surface area (Å²) in [6.45, 7) is 9.63. The number of hydrogen-bond donors (Lipinski definition) is 1. The third-order valence-electron chi connectivity index (χ3n) is 8.65. The molecule has 0 bridgehead atoms. The van der Waals surface area contributed by atoms with Gasteiger partial charge in [0.2, 0.25) is 0 Å². The maximum atomic E-state index is 14.0. The summed E-state index contributed by atoms with van der Waals surface area (Å²) < 4.78 is 0. The summed E-state index contributed by atoms with van der Waals surface area (Å²) in [7, 11) is 0. The lowest BCUT2D eigenvalue weighted by Crippen LogP contribution is -2.56. The van der Waals surface area contributed by atoms with Gasteiger partial charge in [0.1, 0.15) is 6.07 Å². The van der Waals surface area contributed by atoms with Gasteiger partial charge >= 0.3 is 0 Å². The second kappa shape index (κ2) is 12.1. The van der Waals surface area contributed by atoms with E-state index < -0.39 is 0 Å². The number of carbonyl (C=O) groups is 1. The minimum absolute atomic E-state index is 0.0281. The highest BCUT2D eigenvalue weighted by Gasteiger charge is 2.32. The highest BCUT2D eigenvalue weighted by molar-refractivity contribution is 5.98. The fraction of sp³-hybridized carbons (Fsp3) is 0.438. The predicted octanol–water partition coefficient (Wildman–Crippen LogP) is 4.06. The smallest absolute Gasteiger partial charge is 0.254 e. The first-order valence-corrected chi connectivity index (χ1v) is 14.2. The number of carbonyl (C=O) groups excluding carboxylic acids is 1. The van der Waals surface area contributed by atoms with Crippen molar-refractivity contribution in [3.05, 3.63) is 82.0 Å². The van der Waals surface area contributed by atoms with E-state index in [2.05, 4.69) is 46.0 Å². The van der Waals surface area contributed by atoms with Gasteiger partial charge < -0.3 is 19.8 Å². The van der Waals surface area contributed by atoms with Crippen molar-refractivity contribution in [1.82, 2.24) is 15.1 Å². The fourth-order valence-electron chi connectivity index (χ4n) is 6.48. The van der Waals surface area contributed by atoms with Crippen molar-refractivity contribution in [2.24, 2.45) is 5.92 Å². The van der Waals surface area contributed by atoms with Gasteiger partial charge in [-0.1, -0.05) is 18.2 Å². The molecular weight excluding hydrogens is 500 g/mol. The number of nitriles is 1.